The second-order valence-corrected chi connectivity index (χ2v) is 6.83. The van der Waals surface area contributed by atoms with Crippen molar-refractivity contribution in [3.8, 4) is 17.3 Å². The number of nitrogens with zero attached hydrogens (tertiary/aromatic N) is 2. The Hall–Kier alpha value is -4.33. The Labute approximate surface area is 177 Å². The third kappa shape index (κ3) is 3.78. The van der Waals surface area contributed by atoms with Crippen molar-refractivity contribution < 1.29 is 9.84 Å². The summed E-state index contributed by atoms with van der Waals surface area (Å²) < 4.78 is 6.12. The summed E-state index contributed by atoms with van der Waals surface area (Å²) >= 11 is 0. The molecule has 0 aliphatic carbocycles. The fourth-order valence-electron chi connectivity index (χ4n) is 3.34. The third-order valence-corrected chi connectivity index (χ3v) is 4.91. The van der Waals surface area contributed by atoms with Gasteiger partial charge < -0.3 is 9.84 Å². The summed E-state index contributed by atoms with van der Waals surface area (Å²) in [6.45, 7) is 1.57. The highest BCUT2D eigenvalue weighted by Crippen LogP contribution is 2.24. The van der Waals surface area contributed by atoms with Crippen molar-refractivity contribution in [1.82, 2.24) is 9.55 Å². The molecule has 0 unspecified atom stereocenters. The molecule has 0 saturated carbocycles. The first kappa shape index (κ1) is 20.0. The van der Waals surface area contributed by atoms with Gasteiger partial charge in [-0.3, -0.25) is 15.2 Å². The molecule has 3 aromatic carbocycles. The maximum atomic E-state index is 12.5. The minimum absolute atomic E-state index is 0.108. The third-order valence-electron chi connectivity index (χ3n) is 4.91. The molecule has 4 aromatic rings. The zero-order chi connectivity index (χ0) is 22.0. The first-order chi connectivity index (χ1) is 15.0. The summed E-state index contributed by atoms with van der Waals surface area (Å²) in [7, 11) is 1.53. The van der Waals surface area contributed by atoms with Crippen molar-refractivity contribution in [3.63, 3.8) is 0 Å². The fraction of sp³-hybridized carbons (Fsp3) is 0.0870. The van der Waals surface area contributed by atoms with Gasteiger partial charge in [-0.2, -0.15) is 5.10 Å². The number of aromatic nitrogens is 2. The number of rotatable bonds is 5. The SMILES string of the molecule is COc1ccc(-n2c(O)c(C(C)=NNc3cccc4ccccc34)c(=O)[nH]c2=O)cc1. The zero-order valence-corrected chi connectivity index (χ0v) is 16.9. The number of benzene rings is 3. The maximum absolute atomic E-state index is 12.5. The molecule has 0 bridgehead atoms. The molecule has 156 valence electrons. The van der Waals surface area contributed by atoms with E-state index in [0.29, 0.717) is 11.4 Å². The number of anilines is 1. The van der Waals surface area contributed by atoms with Gasteiger partial charge in [-0.05, 0) is 42.6 Å². The highest BCUT2D eigenvalue weighted by molar-refractivity contribution is 6.01. The summed E-state index contributed by atoms with van der Waals surface area (Å²) in [4.78, 5) is 27.1. The Balaban J connectivity index is 1.76. The molecule has 0 aliphatic heterocycles. The van der Waals surface area contributed by atoms with Crippen LogP contribution in [0.1, 0.15) is 12.5 Å². The number of aromatic amines is 1. The molecule has 4 rings (SSSR count). The molecule has 0 amide bonds. The molecule has 31 heavy (non-hydrogen) atoms. The van der Waals surface area contributed by atoms with Gasteiger partial charge in [-0.25, -0.2) is 9.36 Å². The fourth-order valence-corrected chi connectivity index (χ4v) is 3.34. The summed E-state index contributed by atoms with van der Waals surface area (Å²) in [5, 5.41) is 17.0. The summed E-state index contributed by atoms with van der Waals surface area (Å²) in [5.74, 6) is 0.0952. The molecule has 0 spiro atoms. The number of aromatic hydroxyl groups is 1. The molecule has 0 saturated heterocycles. The van der Waals surface area contributed by atoms with Crippen LogP contribution in [0.4, 0.5) is 5.69 Å². The molecule has 0 aliphatic rings. The lowest BCUT2D eigenvalue weighted by Gasteiger charge is -2.12. The summed E-state index contributed by atoms with van der Waals surface area (Å²) in [6, 6.07) is 20.0. The van der Waals surface area contributed by atoms with Crippen molar-refractivity contribution in [2.24, 2.45) is 5.10 Å². The van der Waals surface area contributed by atoms with Crippen molar-refractivity contribution in [3.05, 3.63) is 93.1 Å². The van der Waals surface area contributed by atoms with Crippen LogP contribution in [0.15, 0.2) is 81.4 Å². The number of H-pyrrole nitrogens is 1. The highest BCUT2D eigenvalue weighted by Gasteiger charge is 2.18. The van der Waals surface area contributed by atoms with E-state index in [4.69, 9.17) is 4.74 Å². The quantitative estimate of drug-likeness (QED) is 0.342. The van der Waals surface area contributed by atoms with Crippen molar-refractivity contribution >= 4 is 22.2 Å². The van der Waals surface area contributed by atoms with E-state index in [0.717, 1.165) is 21.0 Å². The van der Waals surface area contributed by atoms with Crippen LogP contribution in [0, 0.1) is 0 Å². The Morgan fingerprint density at radius 1 is 1.03 bits per heavy atom. The molecular formula is C23H20N4O4. The Morgan fingerprint density at radius 3 is 2.48 bits per heavy atom. The Kier molecular flexibility index (Phi) is 5.28. The van der Waals surface area contributed by atoms with E-state index in [-0.39, 0.29) is 11.3 Å². The second-order valence-electron chi connectivity index (χ2n) is 6.83. The van der Waals surface area contributed by atoms with Gasteiger partial charge in [0.25, 0.3) is 5.56 Å². The normalized spacial score (nSPS) is 11.5. The van der Waals surface area contributed by atoms with Crippen LogP contribution in [-0.4, -0.2) is 27.5 Å². The molecule has 8 heteroatoms. The number of methoxy groups -OCH3 is 1. The van der Waals surface area contributed by atoms with E-state index in [2.05, 4.69) is 15.5 Å². The average molecular weight is 416 g/mol. The molecule has 1 aromatic heterocycles. The summed E-state index contributed by atoms with van der Waals surface area (Å²) in [6.07, 6.45) is 0. The molecule has 8 nitrogen and oxygen atoms in total. The number of hydrogen-bond acceptors (Lipinski definition) is 6. The van der Waals surface area contributed by atoms with Crippen LogP contribution in [-0.2, 0) is 0 Å². The van der Waals surface area contributed by atoms with Crippen molar-refractivity contribution in [2.75, 3.05) is 12.5 Å². The number of hydrogen-bond donors (Lipinski definition) is 3. The molecular weight excluding hydrogens is 396 g/mol. The van der Waals surface area contributed by atoms with E-state index in [1.807, 2.05) is 42.5 Å². The van der Waals surface area contributed by atoms with Crippen LogP contribution >= 0.6 is 0 Å². The van der Waals surface area contributed by atoms with Gasteiger partial charge in [0, 0.05) is 5.39 Å². The van der Waals surface area contributed by atoms with Crippen molar-refractivity contribution in [2.45, 2.75) is 6.92 Å². The van der Waals surface area contributed by atoms with Crippen molar-refractivity contribution in [1.29, 1.82) is 0 Å². The number of nitrogens with one attached hydrogen (secondary N) is 2. The van der Waals surface area contributed by atoms with Gasteiger partial charge in [0.2, 0.25) is 5.88 Å². The van der Waals surface area contributed by atoms with E-state index >= 15 is 0 Å². The lowest BCUT2D eigenvalue weighted by Crippen LogP contribution is -2.32. The van der Waals surface area contributed by atoms with Gasteiger partial charge >= 0.3 is 5.69 Å². The molecule has 0 radical (unpaired) electrons. The van der Waals surface area contributed by atoms with Gasteiger partial charge in [-0.1, -0.05) is 36.4 Å². The number of fused-ring (bicyclic) bond motifs is 1. The predicted octanol–water partition coefficient (Wildman–Crippen LogP) is 3.23. The van der Waals surface area contributed by atoms with Gasteiger partial charge in [0.1, 0.15) is 11.3 Å². The average Bonchev–Trinajstić information content (AvgIpc) is 2.77. The molecule has 0 atom stereocenters. The standard InChI is InChI=1S/C23H20N4O4/c1-14(25-26-19-9-5-7-15-6-3-4-8-18(15)19)20-21(28)24-23(30)27(22(20)29)16-10-12-17(31-2)13-11-16/h3-13,26,29H,1-2H3,(H,24,28,30). The molecule has 0 fully saturated rings. The topological polar surface area (TPSA) is 109 Å². The summed E-state index contributed by atoms with van der Waals surface area (Å²) in [5.41, 5.74) is 2.69. The van der Waals surface area contributed by atoms with E-state index in [1.165, 1.54) is 7.11 Å². The zero-order valence-electron chi connectivity index (χ0n) is 16.9. The molecule has 1 heterocycles. The van der Waals surface area contributed by atoms with E-state index in [1.54, 1.807) is 31.2 Å². The van der Waals surface area contributed by atoms with Crippen LogP contribution < -0.4 is 21.4 Å². The monoisotopic (exact) mass is 416 g/mol. The first-order valence-corrected chi connectivity index (χ1v) is 9.50. The minimum Gasteiger partial charge on any atom is -0.497 e. The Morgan fingerprint density at radius 2 is 1.74 bits per heavy atom. The predicted molar refractivity (Wildman–Crippen MR) is 121 cm³/mol. The van der Waals surface area contributed by atoms with Gasteiger partial charge in [0.15, 0.2) is 0 Å². The second kappa shape index (κ2) is 8.19. The number of ether oxygens (including phenoxy) is 1. The minimum atomic E-state index is -0.758. The van der Waals surface area contributed by atoms with Crippen LogP contribution in [0.2, 0.25) is 0 Å². The van der Waals surface area contributed by atoms with E-state index in [9.17, 15) is 14.7 Å². The van der Waals surface area contributed by atoms with Gasteiger partial charge in [-0.15, -0.1) is 0 Å². The highest BCUT2D eigenvalue weighted by atomic mass is 16.5. The Bertz CT molecular complexity index is 1400. The molecule has 3 N–H and O–H groups in total. The number of hydrazone groups is 1. The smallest absolute Gasteiger partial charge is 0.335 e. The van der Waals surface area contributed by atoms with Crippen LogP contribution in [0.3, 0.4) is 0 Å². The van der Waals surface area contributed by atoms with Gasteiger partial charge in [0.05, 0.1) is 24.2 Å². The van der Waals surface area contributed by atoms with Crippen LogP contribution in [0.25, 0.3) is 16.5 Å². The van der Waals surface area contributed by atoms with Crippen LogP contribution in [0.5, 0.6) is 11.6 Å². The van der Waals surface area contributed by atoms with E-state index < -0.39 is 17.1 Å². The first-order valence-electron chi connectivity index (χ1n) is 9.50. The lowest BCUT2D eigenvalue weighted by molar-refractivity contribution is 0.414. The largest absolute Gasteiger partial charge is 0.497 e. The lowest BCUT2D eigenvalue weighted by atomic mass is 10.1. The maximum Gasteiger partial charge on any atom is 0.335 e.